The molecule has 0 aromatic carbocycles. The molecule has 0 radical (unpaired) electrons. The Morgan fingerprint density at radius 2 is 2.44 bits per heavy atom. The quantitative estimate of drug-likeness (QED) is 0.796. The molecule has 18 heavy (non-hydrogen) atoms. The first-order chi connectivity index (χ1) is 8.86. The number of hydrogen-bond acceptors (Lipinski definition) is 4. The molecule has 3 rings (SSSR count). The molecule has 0 N–H and O–H groups in total. The average molecular weight is 261 g/mol. The predicted octanol–water partition coefficient (Wildman–Crippen LogP) is 2.37. The fraction of sp³-hybridized carbons (Fsp3) is 0.462. The van der Waals surface area contributed by atoms with Gasteiger partial charge in [0.05, 0.1) is 5.56 Å². The van der Waals surface area contributed by atoms with Crippen molar-refractivity contribution >= 4 is 23.7 Å². The van der Waals surface area contributed by atoms with E-state index in [0.29, 0.717) is 16.5 Å². The summed E-state index contributed by atoms with van der Waals surface area (Å²) in [5.41, 5.74) is 1.27. The zero-order valence-corrected chi connectivity index (χ0v) is 10.9. The highest BCUT2D eigenvalue weighted by Crippen LogP contribution is 2.27. The zero-order valence-electron chi connectivity index (χ0n) is 10.1. The van der Waals surface area contributed by atoms with E-state index in [0.717, 1.165) is 18.5 Å². The minimum Gasteiger partial charge on any atom is -0.298 e. The van der Waals surface area contributed by atoms with Crippen LogP contribution in [-0.4, -0.2) is 31.9 Å². The number of aldehydes is 1. The van der Waals surface area contributed by atoms with E-state index in [4.69, 9.17) is 0 Å². The van der Waals surface area contributed by atoms with Crippen molar-refractivity contribution in [1.82, 2.24) is 14.6 Å². The van der Waals surface area contributed by atoms with Crippen LogP contribution in [0, 0.1) is 0 Å². The van der Waals surface area contributed by atoms with E-state index in [1.807, 2.05) is 24.0 Å². The Bertz CT molecular complexity index is 560. The lowest BCUT2D eigenvalue weighted by atomic mass is 10.1. The van der Waals surface area contributed by atoms with Gasteiger partial charge < -0.3 is 0 Å². The van der Waals surface area contributed by atoms with Crippen LogP contribution in [0.15, 0.2) is 18.3 Å². The lowest BCUT2D eigenvalue weighted by Crippen LogP contribution is -2.13. The highest BCUT2D eigenvalue weighted by atomic mass is 32.2. The van der Waals surface area contributed by atoms with E-state index in [9.17, 15) is 4.79 Å². The van der Waals surface area contributed by atoms with Gasteiger partial charge in [-0.05, 0) is 30.7 Å². The van der Waals surface area contributed by atoms with E-state index in [2.05, 4.69) is 10.1 Å². The second-order valence-electron chi connectivity index (χ2n) is 4.57. The SMILES string of the molecule is O=Cc1cccn2nc(CC3CCCCS3)nc12. The molecule has 2 aromatic heterocycles. The fourth-order valence-corrected chi connectivity index (χ4v) is 3.63. The predicted molar refractivity (Wildman–Crippen MR) is 72.2 cm³/mol. The van der Waals surface area contributed by atoms with Gasteiger partial charge in [0.15, 0.2) is 17.8 Å². The van der Waals surface area contributed by atoms with Crippen molar-refractivity contribution in [2.45, 2.75) is 30.9 Å². The standard InChI is InChI=1S/C13H15N3OS/c17-9-10-4-3-6-16-13(10)14-12(15-16)8-11-5-1-2-7-18-11/h3-4,6,9,11H,1-2,5,7-8H2. The molecule has 0 spiro atoms. The summed E-state index contributed by atoms with van der Waals surface area (Å²) >= 11 is 2.02. The largest absolute Gasteiger partial charge is 0.298 e. The van der Waals surface area contributed by atoms with Gasteiger partial charge in [-0.1, -0.05) is 6.42 Å². The van der Waals surface area contributed by atoms with Crippen LogP contribution in [0.1, 0.15) is 35.4 Å². The molecule has 1 atom stereocenters. The molecule has 2 aromatic rings. The Morgan fingerprint density at radius 3 is 3.22 bits per heavy atom. The number of rotatable bonds is 3. The van der Waals surface area contributed by atoms with E-state index < -0.39 is 0 Å². The van der Waals surface area contributed by atoms with Crippen LogP contribution >= 0.6 is 11.8 Å². The normalized spacial score (nSPS) is 20.1. The lowest BCUT2D eigenvalue weighted by Gasteiger charge is -2.19. The molecule has 1 unspecified atom stereocenters. The third-order valence-electron chi connectivity index (χ3n) is 3.25. The summed E-state index contributed by atoms with van der Waals surface area (Å²) in [6.45, 7) is 0. The first kappa shape index (κ1) is 11.7. The van der Waals surface area contributed by atoms with Crippen LogP contribution in [0.25, 0.3) is 5.65 Å². The maximum atomic E-state index is 10.9. The molecule has 5 heteroatoms. The number of pyridine rings is 1. The smallest absolute Gasteiger partial charge is 0.166 e. The van der Waals surface area contributed by atoms with Gasteiger partial charge in [-0.2, -0.15) is 16.9 Å². The van der Waals surface area contributed by atoms with Crippen molar-refractivity contribution in [2.24, 2.45) is 0 Å². The second kappa shape index (κ2) is 5.10. The van der Waals surface area contributed by atoms with Gasteiger partial charge in [0.2, 0.25) is 0 Å². The molecule has 0 amide bonds. The molecular formula is C13H15N3OS. The summed E-state index contributed by atoms with van der Waals surface area (Å²) in [5, 5.41) is 5.08. The highest BCUT2D eigenvalue weighted by molar-refractivity contribution is 7.99. The van der Waals surface area contributed by atoms with Crippen molar-refractivity contribution in [2.75, 3.05) is 5.75 Å². The minimum absolute atomic E-state index is 0.604. The van der Waals surface area contributed by atoms with Gasteiger partial charge in [0, 0.05) is 17.9 Å². The third kappa shape index (κ3) is 2.27. The first-order valence-electron chi connectivity index (χ1n) is 6.28. The molecule has 0 bridgehead atoms. The molecule has 1 fully saturated rings. The van der Waals surface area contributed by atoms with E-state index in [1.165, 1.54) is 25.0 Å². The van der Waals surface area contributed by atoms with Gasteiger partial charge in [0.1, 0.15) is 0 Å². The van der Waals surface area contributed by atoms with Crippen molar-refractivity contribution in [1.29, 1.82) is 0 Å². The topological polar surface area (TPSA) is 47.3 Å². The number of aromatic nitrogens is 3. The van der Waals surface area contributed by atoms with E-state index in [1.54, 1.807) is 10.6 Å². The molecular weight excluding hydrogens is 246 g/mol. The summed E-state index contributed by atoms with van der Waals surface area (Å²) in [6, 6.07) is 3.60. The summed E-state index contributed by atoms with van der Waals surface area (Å²) < 4.78 is 1.70. The van der Waals surface area contributed by atoms with Crippen molar-refractivity contribution in [3.05, 3.63) is 29.7 Å². The molecule has 1 aliphatic heterocycles. The number of fused-ring (bicyclic) bond motifs is 1. The Hall–Kier alpha value is -1.36. The molecule has 94 valence electrons. The molecule has 4 nitrogen and oxygen atoms in total. The van der Waals surface area contributed by atoms with Gasteiger partial charge in [-0.25, -0.2) is 9.50 Å². The van der Waals surface area contributed by atoms with Gasteiger partial charge >= 0.3 is 0 Å². The average Bonchev–Trinajstić information content (AvgIpc) is 2.82. The number of hydrogen-bond donors (Lipinski definition) is 0. The summed E-state index contributed by atoms with van der Waals surface area (Å²) in [6.07, 6.45) is 7.47. The lowest BCUT2D eigenvalue weighted by molar-refractivity contribution is 0.112. The minimum atomic E-state index is 0.604. The number of carbonyl (C=O) groups excluding carboxylic acids is 1. The molecule has 0 saturated carbocycles. The molecule has 0 aliphatic carbocycles. The van der Waals surface area contributed by atoms with Crippen LogP contribution in [-0.2, 0) is 6.42 Å². The monoisotopic (exact) mass is 261 g/mol. The fourth-order valence-electron chi connectivity index (χ4n) is 2.32. The van der Waals surface area contributed by atoms with Crippen LogP contribution in [0.5, 0.6) is 0 Å². The van der Waals surface area contributed by atoms with Gasteiger partial charge in [-0.15, -0.1) is 0 Å². The first-order valence-corrected chi connectivity index (χ1v) is 7.33. The van der Waals surface area contributed by atoms with Crippen LogP contribution in [0.4, 0.5) is 0 Å². The Balaban J connectivity index is 1.86. The van der Waals surface area contributed by atoms with Crippen molar-refractivity contribution in [3.8, 4) is 0 Å². The van der Waals surface area contributed by atoms with Crippen LogP contribution in [0.2, 0.25) is 0 Å². The number of carbonyl (C=O) groups is 1. The molecule has 1 saturated heterocycles. The van der Waals surface area contributed by atoms with Crippen LogP contribution in [0.3, 0.4) is 0 Å². The summed E-state index contributed by atoms with van der Waals surface area (Å²) in [4.78, 5) is 15.4. The summed E-state index contributed by atoms with van der Waals surface area (Å²) in [5.74, 6) is 2.10. The Labute approximate surface area is 110 Å². The zero-order chi connectivity index (χ0) is 12.4. The second-order valence-corrected chi connectivity index (χ2v) is 5.98. The third-order valence-corrected chi connectivity index (χ3v) is 4.65. The number of nitrogens with zero attached hydrogens (tertiary/aromatic N) is 3. The van der Waals surface area contributed by atoms with Crippen molar-refractivity contribution < 1.29 is 4.79 Å². The van der Waals surface area contributed by atoms with E-state index >= 15 is 0 Å². The molecule has 3 heterocycles. The maximum absolute atomic E-state index is 10.9. The summed E-state index contributed by atoms with van der Waals surface area (Å²) in [7, 11) is 0. The van der Waals surface area contributed by atoms with Gasteiger partial charge in [-0.3, -0.25) is 4.79 Å². The maximum Gasteiger partial charge on any atom is 0.166 e. The van der Waals surface area contributed by atoms with Crippen LogP contribution < -0.4 is 0 Å². The van der Waals surface area contributed by atoms with Crippen molar-refractivity contribution in [3.63, 3.8) is 0 Å². The van der Waals surface area contributed by atoms with E-state index in [-0.39, 0.29) is 0 Å². The Morgan fingerprint density at radius 1 is 1.50 bits per heavy atom. The number of thioether (sulfide) groups is 1. The molecule has 1 aliphatic rings. The van der Waals surface area contributed by atoms with Gasteiger partial charge in [0.25, 0.3) is 0 Å². The highest BCUT2D eigenvalue weighted by Gasteiger charge is 2.17. The Kier molecular flexibility index (Phi) is 3.32.